The maximum Gasteiger partial charge on any atom is 0.248 e. The van der Waals surface area contributed by atoms with Crippen molar-refractivity contribution in [1.29, 1.82) is 0 Å². The van der Waals surface area contributed by atoms with Crippen LogP contribution in [0.5, 0.6) is 0 Å². The van der Waals surface area contributed by atoms with Crippen molar-refractivity contribution in [2.45, 2.75) is 74.8 Å². The van der Waals surface area contributed by atoms with Gasteiger partial charge in [0.2, 0.25) is 9.70 Å². The van der Waals surface area contributed by atoms with E-state index >= 15 is 0 Å². The van der Waals surface area contributed by atoms with Gasteiger partial charge in [-0.3, -0.25) is 4.79 Å². The zero-order chi connectivity index (χ0) is 23.6. The number of carbonyl (C=O) groups excluding carboxylic acids is 1. The van der Waals surface area contributed by atoms with Gasteiger partial charge in [-0.15, -0.1) is 0 Å². The maximum atomic E-state index is 12.9. The summed E-state index contributed by atoms with van der Waals surface area (Å²) in [7, 11) is 0. The highest BCUT2D eigenvalue weighted by Gasteiger charge is 2.48. The third kappa shape index (κ3) is 8.09. The Labute approximate surface area is 213 Å². The van der Waals surface area contributed by atoms with Crippen molar-refractivity contribution in [1.82, 2.24) is 15.1 Å². The first-order valence-electron chi connectivity index (χ1n) is 11.5. The molecule has 1 aromatic carbocycles. The molecule has 2 aliphatic rings. The van der Waals surface area contributed by atoms with Crippen LogP contribution in [0.25, 0.3) is 6.08 Å². The topological polar surface area (TPSA) is 35.6 Å². The molecule has 32 heavy (non-hydrogen) atoms. The SMILES string of the molecule is CC.O=C(/C=C/c1ccccc1)N1CCN(C(=S)NC2CCCCCCC2)C1C(Cl)(Cl)Cl. The van der Waals surface area contributed by atoms with E-state index in [9.17, 15) is 4.79 Å². The fraction of sp³-hybridized carbons (Fsp3) is 0.583. The van der Waals surface area contributed by atoms with Gasteiger partial charge in [-0.1, -0.05) is 111 Å². The van der Waals surface area contributed by atoms with E-state index in [0.717, 1.165) is 18.4 Å². The number of hydrogen-bond donors (Lipinski definition) is 1. The van der Waals surface area contributed by atoms with Crippen LogP contribution in [-0.2, 0) is 4.79 Å². The fourth-order valence-corrected chi connectivity index (χ4v) is 5.18. The van der Waals surface area contributed by atoms with Crippen LogP contribution in [0.3, 0.4) is 0 Å². The number of benzene rings is 1. The van der Waals surface area contributed by atoms with Crippen LogP contribution in [0.15, 0.2) is 36.4 Å². The molecule has 1 heterocycles. The number of carbonyl (C=O) groups is 1. The van der Waals surface area contributed by atoms with E-state index < -0.39 is 9.96 Å². The summed E-state index contributed by atoms with van der Waals surface area (Å²) in [4.78, 5) is 16.3. The van der Waals surface area contributed by atoms with Gasteiger partial charge in [0.1, 0.15) is 0 Å². The molecule has 0 spiro atoms. The third-order valence-corrected chi connectivity index (χ3v) is 6.60. The minimum atomic E-state index is -1.68. The standard InChI is InChI=1S/C22H28Cl3N3OS.C2H6/c23-22(24,25)20-27(19(29)14-13-17-9-5-4-6-10-17)15-16-28(20)21(30)26-18-11-7-2-1-3-8-12-18;1-2/h4-6,9-10,13-14,18,20H,1-3,7-8,11-12,15-16H2,(H,26,30);1-2H3/b14-13+;. The van der Waals surface area contributed by atoms with Crippen molar-refractivity contribution in [2.75, 3.05) is 13.1 Å². The predicted octanol–water partition coefficient (Wildman–Crippen LogP) is 6.55. The second-order valence-corrected chi connectivity index (χ2v) is 10.6. The predicted molar refractivity (Wildman–Crippen MR) is 141 cm³/mol. The summed E-state index contributed by atoms with van der Waals surface area (Å²) in [6, 6.07) is 9.97. The van der Waals surface area contributed by atoms with E-state index in [1.807, 2.05) is 49.1 Å². The lowest BCUT2D eigenvalue weighted by Gasteiger charge is -2.37. The monoisotopic (exact) mass is 517 g/mol. The van der Waals surface area contributed by atoms with Crippen molar-refractivity contribution < 1.29 is 4.79 Å². The van der Waals surface area contributed by atoms with Crippen LogP contribution < -0.4 is 5.32 Å². The lowest BCUT2D eigenvalue weighted by Crippen LogP contribution is -2.55. The quantitative estimate of drug-likeness (QED) is 0.279. The second kappa shape index (κ2) is 13.6. The first kappa shape index (κ1) is 27.2. The summed E-state index contributed by atoms with van der Waals surface area (Å²) < 4.78 is -1.68. The molecule has 1 saturated heterocycles. The van der Waals surface area contributed by atoms with E-state index in [4.69, 9.17) is 47.0 Å². The normalized spacial score (nSPS) is 20.3. The van der Waals surface area contributed by atoms with E-state index in [0.29, 0.717) is 24.2 Å². The van der Waals surface area contributed by atoms with Gasteiger partial charge in [0.05, 0.1) is 0 Å². The molecule has 1 aliphatic heterocycles. The van der Waals surface area contributed by atoms with E-state index in [1.165, 1.54) is 38.2 Å². The van der Waals surface area contributed by atoms with Gasteiger partial charge in [0.15, 0.2) is 11.3 Å². The Morgan fingerprint density at radius 1 is 1.00 bits per heavy atom. The van der Waals surface area contributed by atoms with Crippen LogP contribution in [0.1, 0.15) is 64.4 Å². The highest BCUT2D eigenvalue weighted by molar-refractivity contribution is 7.80. The van der Waals surface area contributed by atoms with Crippen LogP contribution in [0, 0.1) is 0 Å². The molecular formula is C24H34Cl3N3OS. The van der Waals surface area contributed by atoms with Crippen LogP contribution in [-0.4, -0.2) is 49.9 Å². The van der Waals surface area contributed by atoms with Crippen LogP contribution >= 0.6 is 47.0 Å². The summed E-state index contributed by atoms with van der Waals surface area (Å²) in [5.74, 6) is -0.202. The Kier molecular flexibility index (Phi) is 11.6. The largest absolute Gasteiger partial charge is 0.360 e. The molecule has 1 amide bonds. The summed E-state index contributed by atoms with van der Waals surface area (Å²) >= 11 is 24.6. The number of thiocarbonyl (C=S) groups is 1. The van der Waals surface area contributed by atoms with Crippen molar-refractivity contribution >= 4 is 64.1 Å². The van der Waals surface area contributed by atoms with Crippen molar-refractivity contribution in [3.8, 4) is 0 Å². The Morgan fingerprint density at radius 3 is 2.16 bits per heavy atom. The number of alkyl halides is 3. The Balaban J connectivity index is 0.00000176. The first-order chi connectivity index (χ1) is 15.4. The molecule has 3 rings (SSSR count). The third-order valence-electron chi connectivity index (χ3n) is 5.66. The Bertz CT molecular complexity index is 747. The number of nitrogens with one attached hydrogen (secondary N) is 1. The summed E-state index contributed by atoms with van der Waals surface area (Å²) in [5.41, 5.74) is 0.939. The molecule has 1 saturated carbocycles. The first-order valence-corrected chi connectivity index (χ1v) is 13.1. The molecule has 0 bridgehead atoms. The molecule has 1 unspecified atom stereocenters. The van der Waals surface area contributed by atoms with Crippen molar-refractivity contribution in [3.05, 3.63) is 42.0 Å². The molecule has 8 heteroatoms. The van der Waals surface area contributed by atoms with Gasteiger partial charge in [0.25, 0.3) is 0 Å². The average molecular weight is 519 g/mol. The minimum absolute atomic E-state index is 0.202. The lowest BCUT2D eigenvalue weighted by atomic mass is 9.97. The Morgan fingerprint density at radius 2 is 1.56 bits per heavy atom. The van der Waals surface area contributed by atoms with Gasteiger partial charge in [-0.25, -0.2) is 0 Å². The number of amides is 1. The van der Waals surface area contributed by atoms with Gasteiger partial charge < -0.3 is 15.1 Å². The van der Waals surface area contributed by atoms with Crippen LogP contribution in [0.2, 0.25) is 0 Å². The van der Waals surface area contributed by atoms with Gasteiger partial charge in [-0.2, -0.15) is 0 Å². The maximum absolute atomic E-state index is 12.9. The number of nitrogens with zero attached hydrogens (tertiary/aromatic N) is 2. The molecule has 1 aromatic rings. The molecular weight excluding hydrogens is 485 g/mol. The van der Waals surface area contributed by atoms with Crippen molar-refractivity contribution in [2.24, 2.45) is 0 Å². The van der Waals surface area contributed by atoms with E-state index in [1.54, 1.807) is 11.0 Å². The molecule has 2 fully saturated rings. The summed E-state index contributed by atoms with van der Waals surface area (Å²) in [6.45, 7) is 4.98. The van der Waals surface area contributed by atoms with Gasteiger partial charge in [-0.05, 0) is 36.7 Å². The lowest BCUT2D eigenvalue weighted by molar-refractivity contribution is -0.127. The molecule has 1 N–H and O–H groups in total. The number of hydrogen-bond acceptors (Lipinski definition) is 2. The number of rotatable bonds is 3. The molecule has 1 aliphatic carbocycles. The zero-order valence-corrected chi connectivity index (χ0v) is 22.0. The smallest absolute Gasteiger partial charge is 0.248 e. The fourth-order valence-electron chi connectivity index (χ4n) is 4.11. The average Bonchev–Trinajstić information content (AvgIpc) is 3.22. The molecule has 0 aromatic heterocycles. The van der Waals surface area contributed by atoms with Gasteiger partial charge >= 0.3 is 0 Å². The molecule has 0 radical (unpaired) electrons. The summed E-state index contributed by atoms with van der Waals surface area (Å²) in [6.07, 6.45) is 11.0. The van der Waals surface area contributed by atoms with E-state index in [2.05, 4.69) is 5.32 Å². The Hall–Kier alpha value is -1.01. The van der Waals surface area contributed by atoms with Gasteiger partial charge in [0, 0.05) is 25.2 Å². The van der Waals surface area contributed by atoms with Crippen LogP contribution in [0.4, 0.5) is 0 Å². The van der Waals surface area contributed by atoms with Crippen molar-refractivity contribution in [3.63, 3.8) is 0 Å². The van der Waals surface area contributed by atoms with E-state index in [-0.39, 0.29) is 5.91 Å². The zero-order valence-electron chi connectivity index (χ0n) is 18.9. The number of halogens is 3. The molecule has 178 valence electrons. The second-order valence-electron chi connectivity index (χ2n) is 7.88. The molecule has 4 nitrogen and oxygen atoms in total. The highest BCUT2D eigenvalue weighted by Crippen LogP contribution is 2.38. The highest BCUT2D eigenvalue weighted by atomic mass is 35.6. The summed E-state index contributed by atoms with van der Waals surface area (Å²) in [5, 5.41) is 4.03. The minimum Gasteiger partial charge on any atom is -0.360 e. The molecule has 1 atom stereocenters.